The standard InChI is InChI=1S/C11H9N3O2/c12-10-4-2-7(5-14-10)9-3-1-8(6-13-9)11(15)16/h1-6H,(H2,12,14)(H,15,16). The molecule has 16 heavy (non-hydrogen) atoms. The molecule has 0 aliphatic rings. The van der Waals surface area contributed by atoms with Crippen molar-refractivity contribution in [1.29, 1.82) is 0 Å². The summed E-state index contributed by atoms with van der Waals surface area (Å²) in [5.74, 6) is -0.555. The summed E-state index contributed by atoms with van der Waals surface area (Å²) in [6, 6.07) is 6.59. The number of nitrogens with zero attached hydrogens (tertiary/aromatic N) is 2. The van der Waals surface area contributed by atoms with Crippen molar-refractivity contribution in [1.82, 2.24) is 9.97 Å². The number of rotatable bonds is 2. The van der Waals surface area contributed by atoms with Gasteiger partial charge in [0.2, 0.25) is 0 Å². The van der Waals surface area contributed by atoms with Crippen molar-refractivity contribution in [2.75, 3.05) is 5.73 Å². The van der Waals surface area contributed by atoms with Crippen LogP contribution in [0, 0.1) is 0 Å². The van der Waals surface area contributed by atoms with E-state index in [4.69, 9.17) is 10.8 Å². The Balaban J connectivity index is 2.34. The Morgan fingerprint density at radius 1 is 1.12 bits per heavy atom. The molecule has 0 unspecified atom stereocenters. The lowest BCUT2D eigenvalue weighted by Gasteiger charge is -2.01. The first kappa shape index (κ1) is 10.1. The normalized spacial score (nSPS) is 10.0. The van der Waals surface area contributed by atoms with E-state index in [1.807, 2.05) is 0 Å². The molecule has 5 heteroatoms. The highest BCUT2D eigenvalue weighted by molar-refractivity contribution is 5.87. The molecule has 0 aliphatic carbocycles. The average molecular weight is 215 g/mol. The Bertz CT molecular complexity index is 506. The van der Waals surface area contributed by atoms with E-state index in [9.17, 15) is 4.79 Å². The van der Waals surface area contributed by atoms with E-state index in [0.717, 1.165) is 5.56 Å². The van der Waals surface area contributed by atoms with Crippen LogP contribution < -0.4 is 5.73 Å². The van der Waals surface area contributed by atoms with E-state index < -0.39 is 5.97 Å². The number of hydrogen-bond donors (Lipinski definition) is 2. The molecule has 0 fully saturated rings. The van der Waals surface area contributed by atoms with Gasteiger partial charge in [0, 0.05) is 18.0 Å². The fourth-order valence-corrected chi connectivity index (χ4v) is 1.25. The molecule has 0 radical (unpaired) electrons. The maximum atomic E-state index is 10.6. The lowest BCUT2D eigenvalue weighted by atomic mass is 10.1. The largest absolute Gasteiger partial charge is 0.478 e. The van der Waals surface area contributed by atoms with E-state index in [2.05, 4.69) is 9.97 Å². The summed E-state index contributed by atoms with van der Waals surface area (Å²) < 4.78 is 0. The van der Waals surface area contributed by atoms with Gasteiger partial charge in [0.25, 0.3) is 0 Å². The molecular weight excluding hydrogens is 206 g/mol. The van der Waals surface area contributed by atoms with Crippen molar-refractivity contribution in [3.8, 4) is 11.3 Å². The third-order valence-electron chi connectivity index (χ3n) is 2.09. The Labute approximate surface area is 91.6 Å². The minimum atomic E-state index is -0.991. The predicted molar refractivity (Wildman–Crippen MR) is 58.8 cm³/mol. The van der Waals surface area contributed by atoms with Gasteiger partial charge in [-0.25, -0.2) is 9.78 Å². The number of aromatic nitrogens is 2. The highest BCUT2D eigenvalue weighted by Crippen LogP contribution is 2.16. The van der Waals surface area contributed by atoms with Crippen molar-refractivity contribution in [3.63, 3.8) is 0 Å². The lowest BCUT2D eigenvalue weighted by molar-refractivity contribution is 0.0696. The maximum Gasteiger partial charge on any atom is 0.337 e. The number of nitrogens with two attached hydrogens (primary N) is 1. The van der Waals surface area contributed by atoms with Crippen LogP contribution in [0.1, 0.15) is 10.4 Å². The fraction of sp³-hybridized carbons (Fsp3) is 0. The molecule has 80 valence electrons. The van der Waals surface area contributed by atoms with E-state index >= 15 is 0 Å². The molecule has 3 N–H and O–H groups in total. The monoisotopic (exact) mass is 215 g/mol. The zero-order valence-electron chi connectivity index (χ0n) is 8.29. The molecule has 0 saturated carbocycles. The second-order valence-electron chi connectivity index (χ2n) is 3.21. The molecule has 5 nitrogen and oxygen atoms in total. The van der Waals surface area contributed by atoms with Gasteiger partial charge in [-0.1, -0.05) is 0 Å². The number of carboxylic acid groups (broad SMARTS) is 1. The van der Waals surface area contributed by atoms with Gasteiger partial charge in [0.15, 0.2) is 0 Å². The first-order valence-corrected chi connectivity index (χ1v) is 4.58. The SMILES string of the molecule is Nc1ccc(-c2ccc(C(=O)O)cn2)cn1. The zero-order valence-corrected chi connectivity index (χ0v) is 8.29. The van der Waals surface area contributed by atoms with E-state index in [0.29, 0.717) is 11.5 Å². The molecule has 2 rings (SSSR count). The predicted octanol–water partition coefficient (Wildman–Crippen LogP) is 1.42. The first-order chi connectivity index (χ1) is 7.66. The highest BCUT2D eigenvalue weighted by atomic mass is 16.4. The van der Waals surface area contributed by atoms with Gasteiger partial charge in [0.1, 0.15) is 5.82 Å². The first-order valence-electron chi connectivity index (χ1n) is 4.58. The summed E-state index contributed by atoms with van der Waals surface area (Å²) in [5.41, 5.74) is 7.08. The Hall–Kier alpha value is -2.43. The zero-order chi connectivity index (χ0) is 11.5. The van der Waals surface area contributed by atoms with Gasteiger partial charge >= 0.3 is 5.97 Å². The molecule has 2 aromatic heterocycles. The Morgan fingerprint density at radius 3 is 2.44 bits per heavy atom. The molecule has 0 aromatic carbocycles. The van der Waals surface area contributed by atoms with Crippen LogP contribution in [0.15, 0.2) is 36.7 Å². The van der Waals surface area contributed by atoms with Gasteiger partial charge in [0.05, 0.1) is 11.3 Å². The van der Waals surface area contributed by atoms with E-state index in [1.165, 1.54) is 12.3 Å². The smallest absolute Gasteiger partial charge is 0.337 e. The van der Waals surface area contributed by atoms with Crippen molar-refractivity contribution >= 4 is 11.8 Å². The van der Waals surface area contributed by atoms with Crippen LogP contribution in [-0.2, 0) is 0 Å². The topological polar surface area (TPSA) is 89.1 Å². The van der Waals surface area contributed by atoms with Crippen LogP contribution in [-0.4, -0.2) is 21.0 Å². The minimum absolute atomic E-state index is 0.159. The summed E-state index contributed by atoms with van der Waals surface area (Å²) in [5, 5.41) is 8.71. The fourth-order valence-electron chi connectivity index (χ4n) is 1.25. The molecule has 0 aliphatic heterocycles. The van der Waals surface area contributed by atoms with Crippen LogP contribution in [0.5, 0.6) is 0 Å². The second kappa shape index (κ2) is 3.98. The van der Waals surface area contributed by atoms with Crippen molar-refractivity contribution in [3.05, 3.63) is 42.2 Å². The third kappa shape index (κ3) is 1.98. The van der Waals surface area contributed by atoms with Crippen LogP contribution in [0.2, 0.25) is 0 Å². The summed E-state index contributed by atoms with van der Waals surface area (Å²) in [6.07, 6.45) is 2.91. The van der Waals surface area contributed by atoms with Gasteiger partial charge in [-0.15, -0.1) is 0 Å². The summed E-state index contributed by atoms with van der Waals surface area (Å²) in [4.78, 5) is 18.6. The van der Waals surface area contributed by atoms with Gasteiger partial charge < -0.3 is 10.8 Å². The van der Waals surface area contributed by atoms with Crippen LogP contribution in [0.25, 0.3) is 11.3 Å². The molecule has 0 atom stereocenters. The lowest BCUT2D eigenvalue weighted by Crippen LogP contribution is -1.97. The molecule has 0 spiro atoms. The molecular formula is C11H9N3O2. The van der Waals surface area contributed by atoms with E-state index in [-0.39, 0.29) is 5.56 Å². The minimum Gasteiger partial charge on any atom is -0.478 e. The third-order valence-corrected chi connectivity index (χ3v) is 2.09. The van der Waals surface area contributed by atoms with Gasteiger partial charge in [-0.3, -0.25) is 4.98 Å². The molecule has 0 bridgehead atoms. The molecule has 2 heterocycles. The number of pyridine rings is 2. The molecule has 0 saturated heterocycles. The summed E-state index contributed by atoms with van der Waals surface area (Å²) in [7, 11) is 0. The van der Waals surface area contributed by atoms with Crippen LogP contribution in [0.3, 0.4) is 0 Å². The number of carboxylic acids is 1. The van der Waals surface area contributed by atoms with Crippen LogP contribution >= 0.6 is 0 Å². The number of carbonyl (C=O) groups is 1. The van der Waals surface area contributed by atoms with Crippen molar-refractivity contribution in [2.24, 2.45) is 0 Å². The summed E-state index contributed by atoms with van der Waals surface area (Å²) >= 11 is 0. The van der Waals surface area contributed by atoms with Crippen LogP contribution in [0.4, 0.5) is 5.82 Å². The van der Waals surface area contributed by atoms with E-state index in [1.54, 1.807) is 24.4 Å². The number of aromatic carboxylic acids is 1. The molecule has 2 aromatic rings. The number of anilines is 1. The second-order valence-corrected chi connectivity index (χ2v) is 3.21. The quantitative estimate of drug-likeness (QED) is 0.790. The highest BCUT2D eigenvalue weighted by Gasteiger charge is 2.04. The Morgan fingerprint density at radius 2 is 1.94 bits per heavy atom. The maximum absolute atomic E-state index is 10.6. The number of nitrogen functional groups attached to an aromatic ring is 1. The van der Waals surface area contributed by atoms with Gasteiger partial charge in [-0.2, -0.15) is 0 Å². The average Bonchev–Trinajstić information content (AvgIpc) is 2.30. The van der Waals surface area contributed by atoms with Gasteiger partial charge in [-0.05, 0) is 24.3 Å². The van der Waals surface area contributed by atoms with Crippen molar-refractivity contribution in [2.45, 2.75) is 0 Å². The Kier molecular flexibility index (Phi) is 2.51. The molecule has 0 amide bonds. The number of hydrogen-bond acceptors (Lipinski definition) is 4. The summed E-state index contributed by atoms with van der Waals surface area (Å²) in [6.45, 7) is 0. The van der Waals surface area contributed by atoms with Crippen molar-refractivity contribution < 1.29 is 9.90 Å².